The number of anilines is 2. The second-order valence-corrected chi connectivity index (χ2v) is 5.50. The van der Waals surface area contributed by atoms with Gasteiger partial charge in [0.25, 0.3) is 5.91 Å². The van der Waals surface area contributed by atoms with Gasteiger partial charge in [-0.3, -0.25) is 9.59 Å². The fraction of sp³-hybridized carbons (Fsp3) is 0.267. The van der Waals surface area contributed by atoms with E-state index >= 15 is 0 Å². The third kappa shape index (κ3) is 3.70. The highest BCUT2D eigenvalue weighted by Gasteiger charge is 2.21. The molecule has 0 unspecified atom stereocenters. The maximum atomic E-state index is 12.0. The van der Waals surface area contributed by atoms with Crippen molar-refractivity contribution in [1.82, 2.24) is 5.16 Å². The largest absolute Gasteiger partial charge is 0.361 e. The number of aryl methyl sites for hydroxylation is 1. The van der Waals surface area contributed by atoms with Gasteiger partial charge in [-0.2, -0.15) is 0 Å². The van der Waals surface area contributed by atoms with Crippen LogP contribution in [0.4, 0.5) is 11.4 Å². The summed E-state index contributed by atoms with van der Waals surface area (Å²) in [4.78, 5) is 23.8. The molecule has 2 aromatic rings. The minimum Gasteiger partial charge on any atom is -0.361 e. The number of amides is 2. The topological polar surface area (TPSA) is 110 Å². The van der Waals surface area contributed by atoms with E-state index < -0.39 is 5.54 Å². The smallest absolute Gasteiger partial charge is 0.260 e. The van der Waals surface area contributed by atoms with Crippen LogP contribution in [-0.2, 0) is 4.79 Å². The zero-order chi connectivity index (χ0) is 16.3. The fourth-order valence-corrected chi connectivity index (χ4v) is 1.64. The Morgan fingerprint density at radius 1 is 1.14 bits per heavy atom. The summed E-state index contributed by atoms with van der Waals surface area (Å²) in [5.74, 6) is -0.144. The van der Waals surface area contributed by atoms with Gasteiger partial charge in [0.1, 0.15) is 11.3 Å². The van der Waals surface area contributed by atoms with Gasteiger partial charge in [0.15, 0.2) is 0 Å². The van der Waals surface area contributed by atoms with Crippen LogP contribution in [-0.4, -0.2) is 22.5 Å². The lowest BCUT2D eigenvalue weighted by atomic mass is 10.1. The van der Waals surface area contributed by atoms with Gasteiger partial charge in [0.05, 0.1) is 11.7 Å². The molecule has 0 saturated carbocycles. The molecule has 0 bridgehead atoms. The number of aromatic nitrogens is 1. The molecule has 1 aromatic carbocycles. The number of hydrogen-bond donors (Lipinski definition) is 3. The van der Waals surface area contributed by atoms with Crippen LogP contribution in [0.5, 0.6) is 0 Å². The molecular formula is C15H18N4O3. The first-order chi connectivity index (χ1) is 10.3. The number of nitrogens with zero attached hydrogens (tertiary/aromatic N) is 1. The molecule has 116 valence electrons. The van der Waals surface area contributed by atoms with Gasteiger partial charge in [0.2, 0.25) is 5.91 Å². The van der Waals surface area contributed by atoms with Crippen LogP contribution in [0.2, 0.25) is 0 Å². The summed E-state index contributed by atoms with van der Waals surface area (Å²) in [6, 6.07) is 6.72. The minimum absolute atomic E-state index is 0.288. The van der Waals surface area contributed by atoms with E-state index in [1.165, 1.54) is 6.20 Å². The monoisotopic (exact) mass is 302 g/mol. The number of nitrogens with two attached hydrogens (primary N) is 1. The quantitative estimate of drug-likeness (QED) is 0.799. The Morgan fingerprint density at radius 2 is 1.68 bits per heavy atom. The first kappa shape index (κ1) is 15.7. The van der Waals surface area contributed by atoms with Crippen LogP contribution >= 0.6 is 0 Å². The molecule has 7 nitrogen and oxygen atoms in total. The number of hydrogen-bond acceptors (Lipinski definition) is 5. The Balaban J connectivity index is 2.02. The van der Waals surface area contributed by atoms with Crippen LogP contribution in [0, 0.1) is 6.92 Å². The molecule has 22 heavy (non-hydrogen) atoms. The van der Waals surface area contributed by atoms with Crippen LogP contribution in [0.3, 0.4) is 0 Å². The first-order valence-electron chi connectivity index (χ1n) is 6.70. The Kier molecular flexibility index (Phi) is 4.27. The van der Waals surface area contributed by atoms with Gasteiger partial charge in [0, 0.05) is 11.4 Å². The lowest BCUT2D eigenvalue weighted by Crippen LogP contribution is -2.45. The van der Waals surface area contributed by atoms with E-state index in [1.54, 1.807) is 45.0 Å². The third-order valence-electron chi connectivity index (χ3n) is 2.98. The third-order valence-corrected chi connectivity index (χ3v) is 2.98. The molecule has 1 heterocycles. The van der Waals surface area contributed by atoms with E-state index in [4.69, 9.17) is 10.3 Å². The number of rotatable bonds is 4. The van der Waals surface area contributed by atoms with Crippen LogP contribution in [0.15, 0.2) is 35.0 Å². The molecular weight excluding hydrogens is 284 g/mol. The zero-order valence-electron chi connectivity index (χ0n) is 12.6. The second kappa shape index (κ2) is 5.98. The molecule has 0 atom stereocenters. The van der Waals surface area contributed by atoms with E-state index in [0.29, 0.717) is 22.7 Å². The number of nitrogens with one attached hydrogen (secondary N) is 2. The number of carbonyl (C=O) groups is 2. The molecule has 0 aliphatic rings. The van der Waals surface area contributed by atoms with E-state index in [2.05, 4.69) is 15.8 Å². The highest BCUT2D eigenvalue weighted by atomic mass is 16.5. The molecule has 2 rings (SSSR count). The Morgan fingerprint density at radius 3 is 2.14 bits per heavy atom. The molecule has 1 aromatic heterocycles. The van der Waals surface area contributed by atoms with Crippen molar-refractivity contribution >= 4 is 23.2 Å². The van der Waals surface area contributed by atoms with Crippen molar-refractivity contribution in [3.8, 4) is 0 Å². The second-order valence-electron chi connectivity index (χ2n) is 5.50. The average molecular weight is 302 g/mol. The summed E-state index contributed by atoms with van der Waals surface area (Å²) < 4.78 is 4.85. The Hall–Kier alpha value is -2.67. The molecule has 0 saturated heterocycles. The summed E-state index contributed by atoms with van der Waals surface area (Å²) in [5.41, 5.74) is 6.32. The molecule has 0 fully saturated rings. The van der Waals surface area contributed by atoms with Crippen LogP contribution in [0.25, 0.3) is 0 Å². The van der Waals surface area contributed by atoms with Gasteiger partial charge in [-0.25, -0.2) is 0 Å². The summed E-state index contributed by atoms with van der Waals surface area (Å²) in [7, 11) is 0. The molecule has 4 N–H and O–H groups in total. The summed E-state index contributed by atoms with van der Waals surface area (Å²) in [6.45, 7) is 4.91. The van der Waals surface area contributed by atoms with Crippen molar-refractivity contribution in [2.24, 2.45) is 5.73 Å². The number of benzene rings is 1. The van der Waals surface area contributed by atoms with Crippen molar-refractivity contribution in [1.29, 1.82) is 0 Å². The SMILES string of the molecule is Cc1oncc1C(=O)Nc1ccc(NC(=O)C(C)(C)N)cc1. The van der Waals surface area contributed by atoms with Crippen molar-refractivity contribution in [2.75, 3.05) is 10.6 Å². The van der Waals surface area contributed by atoms with Gasteiger partial charge in [-0.1, -0.05) is 5.16 Å². The summed E-state index contributed by atoms with van der Waals surface area (Å²) in [5, 5.41) is 8.98. The van der Waals surface area contributed by atoms with Crippen molar-refractivity contribution in [2.45, 2.75) is 26.3 Å². The molecule has 2 amide bonds. The van der Waals surface area contributed by atoms with Gasteiger partial charge >= 0.3 is 0 Å². The van der Waals surface area contributed by atoms with E-state index in [0.717, 1.165) is 0 Å². The predicted molar refractivity (Wildman–Crippen MR) is 82.5 cm³/mol. The fourth-order valence-electron chi connectivity index (χ4n) is 1.64. The standard InChI is InChI=1S/C15H18N4O3/c1-9-12(8-17-22-9)13(20)18-10-4-6-11(7-5-10)19-14(21)15(2,3)16/h4-8H,16H2,1-3H3,(H,18,20)(H,19,21). The Labute approximate surface area is 127 Å². The van der Waals surface area contributed by atoms with Gasteiger partial charge in [-0.05, 0) is 45.0 Å². The molecule has 0 radical (unpaired) electrons. The van der Waals surface area contributed by atoms with Crippen LogP contribution < -0.4 is 16.4 Å². The van der Waals surface area contributed by atoms with Crippen molar-refractivity contribution in [3.05, 3.63) is 41.8 Å². The van der Waals surface area contributed by atoms with Crippen molar-refractivity contribution < 1.29 is 14.1 Å². The minimum atomic E-state index is -0.960. The first-order valence-corrected chi connectivity index (χ1v) is 6.70. The van der Waals surface area contributed by atoms with E-state index in [1.807, 2.05) is 0 Å². The van der Waals surface area contributed by atoms with Crippen LogP contribution in [0.1, 0.15) is 30.0 Å². The maximum Gasteiger partial charge on any atom is 0.260 e. The summed E-state index contributed by atoms with van der Waals surface area (Å²) in [6.07, 6.45) is 1.36. The highest BCUT2D eigenvalue weighted by molar-refractivity contribution is 6.05. The number of carbonyl (C=O) groups excluding carboxylic acids is 2. The lowest BCUT2D eigenvalue weighted by Gasteiger charge is -2.17. The van der Waals surface area contributed by atoms with E-state index in [-0.39, 0.29) is 11.8 Å². The highest BCUT2D eigenvalue weighted by Crippen LogP contribution is 2.16. The molecule has 0 aliphatic carbocycles. The van der Waals surface area contributed by atoms with Crippen molar-refractivity contribution in [3.63, 3.8) is 0 Å². The average Bonchev–Trinajstić information content (AvgIpc) is 2.86. The summed E-state index contributed by atoms with van der Waals surface area (Å²) >= 11 is 0. The maximum absolute atomic E-state index is 12.0. The predicted octanol–water partition coefficient (Wildman–Crippen LogP) is 1.91. The van der Waals surface area contributed by atoms with E-state index in [9.17, 15) is 9.59 Å². The Bertz CT molecular complexity index is 684. The zero-order valence-corrected chi connectivity index (χ0v) is 12.6. The molecule has 0 spiro atoms. The molecule has 0 aliphatic heterocycles. The lowest BCUT2D eigenvalue weighted by molar-refractivity contribution is -0.120. The normalized spacial score (nSPS) is 11.1. The molecule has 7 heteroatoms. The van der Waals surface area contributed by atoms with Gasteiger partial charge in [-0.15, -0.1) is 0 Å². The van der Waals surface area contributed by atoms with Gasteiger partial charge < -0.3 is 20.9 Å².